The number of benzene rings is 1. The van der Waals surface area contributed by atoms with Crippen molar-refractivity contribution in [3.63, 3.8) is 0 Å². The first-order chi connectivity index (χ1) is 11.3. The van der Waals surface area contributed by atoms with E-state index in [9.17, 15) is 13.2 Å². The highest BCUT2D eigenvalue weighted by Gasteiger charge is 2.32. The Kier molecular flexibility index (Phi) is 6.01. The minimum atomic E-state index is -3.55. The van der Waals surface area contributed by atoms with E-state index in [0.29, 0.717) is 31.0 Å². The Bertz CT molecular complexity index is 673. The third kappa shape index (κ3) is 4.15. The molecule has 0 aliphatic carbocycles. The fraction of sp³-hybridized carbons (Fsp3) is 0.588. The molecule has 0 aromatic heterocycles. The number of nitrogens with two attached hydrogens (primary N) is 1. The second-order valence-corrected chi connectivity index (χ2v) is 8.31. The van der Waals surface area contributed by atoms with Gasteiger partial charge in [-0.3, -0.25) is 4.79 Å². The summed E-state index contributed by atoms with van der Waals surface area (Å²) in [6.07, 6.45) is 1.62. The van der Waals surface area contributed by atoms with Crippen molar-refractivity contribution < 1.29 is 13.2 Å². The minimum absolute atomic E-state index is 0.0720. The van der Waals surface area contributed by atoms with E-state index in [1.54, 1.807) is 12.1 Å². The molecule has 6 nitrogen and oxygen atoms in total. The van der Waals surface area contributed by atoms with Crippen LogP contribution in [0.25, 0.3) is 0 Å². The molecule has 1 aliphatic heterocycles. The van der Waals surface area contributed by atoms with Gasteiger partial charge < -0.3 is 10.6 Å². The topological polar surface area (TPSA) is 92.5 Å². The lowest BCUT2D eigenvalue weighted by Gasteiger charge is -2.21. The average molecular weight is 353 g/mol. The van der Waals surface area contributed by atoms with E-state index in [-0.39, 0.29) is 22.9 Å². The van der Waals surface area contributed by atoms with Crippen LogP contribution in [0.5, 0.6) is 0 Å². The zero-order chi connectivity index (χ0) is 17.9. The summed E-state index contributed by atoms with van der Waals surface area (Å²) in [5.41, 5.74) is 6.21. The normalized spacial score (nSPS) is 22.6. The number of rotatable bonds is 6. The predicted molar refractivity (Wildman–Crippen MR) is 94.2 cm³/mol. The second-order valence-electron chi connectivity index (χ2n) is 6.60. The quantitative estimate of drug-likeness (QED) is 0.812. The van der Waals surface area contributed by atoms with E-state index < -0.39 is 10.0 Å². The summed E-state index contributed by atoms with van der Waals surface area (Å²) in [6.45, 7) is 6.99. The van der Waals surface area contributed by atoms with Crippen molar-refractivity contribution in [3.05, 3.63) is 29.8 Å². The van der Waals surface area contributed by atoms with Crippen molar-refractivity contribution in [2.75, 3.05) is 13.1 Å². The lowest BCUT2D eigenvalue weighted by atomic mass is 10.1. The van der Waals surface area contributed by atoms with Gasteiger partial charge in [-0.15, -0.1) is 0 Å². The summed E-state index contributed by atoms with van der Waals surface area (Å²) in [6, 6.07) is 6.15. The summed E-state index contributed by atoms with van der Waals surface area (Å²) in [5, 5.41) is 0. The molecular weight excluding hydrogens is 326 g/mol. The van der Waals surface area contributed by atoms with Gasteiger partial charge in [0.15, 0.2) is 0 Å². The Morgan fingerprint density at radius 3 is 2.50 bits per heavy atom. The van der Waals surface area contributed by atoms with Crippen LogP contribution in [0.2, 0.25) is 0 Å². The molecule has 3 N–H and O–H groups in total. The highest BCUT2D eigenvalue weighted by molar-refractivity contribution is 7.89. The van der Waals surface area contributed by atoms with Crippen LogP contribution in [-0.2, 0) is 10.0 Å². The maximum atomic E-state index is 12.6. The standard InChI is InChI=1S/C17H27N3O3S/c1-4-12(2)19-24(22,23)16-7-5-15(6-8-16)17(21)20-11-14(10-18)9-13(20)3/h5-8,12-14,19H,4,9-11,18H2,1-3H3. The summed E-state index contributed by atoms with van der Waals surface area (Å²) < 4.78 is 27.1. The molecule has 0 bridgehead atoms. The van der Waals surface area contributed by atoms with Crippen LogP contribution in [0.4, 0.5) is 0 Å². The molecule has 3 unspecified atom stereocenters. The zero-order valence-electron chi connectivity index (χ0n) is 14.5. The fourth-order valence-corrected chi connectivity index (χ4v) is 4.28. The van der Waals surface area contributed by atoms with E-state index in [1.165, 1.54) is 12.1 Å². The van der Waals surface area contributed by atoms with Crippen molar-refractivity contribution in [1.29, 1.82) is 0 Å². The Labute approximate surface area is 144 Å². The molecule has 134 valence electrons. The lowest BCUT2D eigenvalue weighted by molar-refractivity contribution is 0.0743. The van der Waals surface area contributed by atoms with Crippen LogP contribution in [-0.4, -0.2) is 44.4 Å². The number of sulfonamides is 1. The maximum absolute atomic E-state index is 12.6. The van der Waals surface area contributed by atoms with Gasteiger partial charge in [-0.2, -0.15) is 0 Å². The van der Waals surface area contributed by atoms with Crippen molar-refractivity contribution in [3.8, 4) is 0 Å². The van der Waals surface area contributed by atoms with Gasteiger partial charge in [-0.1, -0.05) is 6.92 Å². The molecule has 0 saturated carbocycles. The van der Waals surface area contributed by atoms with Crippen LogP contribution < -0.4 is 10.5 Å². The third-order valence-electron chi connectivity index (χ3n) is 4.64. The number of carbonyl (C=O) groups is 1. The molecule has 1 amide bonds. The molecule has 1 fully saturated rings. The molecule has 1 aromatic rings. The van der Waals surface area contributed by atoms with Gasteiger partial charge in [0.25, 0.3) is 5.91 Å². The summed E-state index contributed by atoms with van der Waals surface area (Å²) in [5.74, 6) is 0.264. The zero-order valence-corrected chi connectivity index (χ0v) is 15.3. The van der Waals surface area contributed by atoms with E-state index in [2.05, 4.69) is 4.72 Å². The SMILES string of the molecule is CCC(C)NS(=O)(=O)c1ccc(C(=O)N2CC(CN)CC2C)cc1. The summed E-state index contributed by atoms with van der Waals surface area (Å²) in [4.78, 5) is 14.6. The summed E-state index contributed by atoms with van der Waals surface area (Å²) >= 11 is 0. The first-order valence-electron chi connectivity index (χ1n) is 8.42. The molecule has 0 radical (unpaired) electrons. The van der Waals surface area contributed by atoms with E-state index in [4.69, 9.17) is 5.73 Å². The Balaban J connectivity index is 2.13. The largest absolute Gasteiger partial charge is 0.336 e. The first-order valence-corrected chi connectivity index (χ1v) is 9.90. The Morgan fingerprint density at radius 1 is 1.38 bits per heavy atom. The van der Waals surface area contributed by atoms with Gasteiger partial charge in [0.05, 0.1) is 4.90 Å². The molecule has 24 heavy (non-hydrogen) atoms. The van der Waals surface area contributed by atoms with Gasteiger partial charge in [-0.05, 0) is 63.4 Å². The minimum Gasteiger partial charge on any atom is -0.336 e. The maximum Gasteiger partial charge on any atom is 0.254 e. The second kappa shape index (κ2) is 7.63. The van der Waals surface area contributed by atoms with Gasteiger partial charge in [0.1, 0.15) is 0 Å². The van der Waals surface area contributed by atoms with Crippen molar-refractivity contribution >= 4 is 15.9 Å². The van der Waals surface area contributed by atoms with Crippen LogP contribution in [0.15, 0.2) is 29.2 Å². The van der Waals surface area contributed by atoms with Crippen LogP contribution in [0.1, 0.15) is 44.0 Å². The predicted octanol–water partition coefficient (Wildman–Crippen LogP) is 1.57. The number of nitrogens with one attached hydrogen (secondary N) is 1. The monoisotopic (exact) mass is 353 g/mol. The molecular formula is C17H27N3O3S. The molecule has 1 saturated heterocycles. The number of nitrogens with zero attached hydrogens (tertiary/aromatic N) is 1. The summed E-state index contributed by atoms with van der Waals surface area (Å²) in [7, 11) is -3.55. The molecule has 1 heterocycles. The fourth-order valence-electron chi connectivity index (χ4n) is 2.95. The van der Waals surface area contributed by atoms with Gasteiger partial charge in [0.2, 0.25) is 10.0 Å². The molecule has 3 atom stereocenters. The molecule has 1 aromatic carbocycles. The van der Waals surface area contributed by atoms with E-state index in [0.717, 1.165) is 6.42 Å². The van der Waals surface area contributed by atoms with Gasteiger partial charge >= 0.3 is 0 Å². The number of hydrogen-bond donors (Lipinski definition) is 2. The average Bonchev–Trinajstić information content (AvgIpc) is 2.94. The van der Waals surface area contributed by atoms with Crippen molar-refractivity contribution in [1.82, 2.24) is 9.62 Å². The smallest absolute Gasteiger partial charge is 0.254 e. The molecule has 0 spiro atoms. The van der Waals surface area contributed by atoms with Crippen molar-refractivity contribution in [2.45, 2.75) is 50.6 Å². The Hall–Kier alpha value is -1.44. The van der Waals surface area contributed by atoms with Crippen molar-refractivity contribution in [2.24, 2.45) is 11.7 Å². The van der Waals surface area contributed by atoms with E-state index >= 15 is 0 Å². The molecule has 7 heteroatoms. The highest BCUT2D eigenvalue weighted by atomic mass is 32.2. The third-order valence-corrected chi connectivity index (χ3v) is 6.24. The molecule has 1 aliphatic rings. The van der Waals surface area contributed by atoms with Gasteiger partial charge in [-0.25, -0.2) is 13.1 Å². The highest BCUT2D eigenvalue weighted by Crippen LogP contribution is 2.24. The Morgan fingerprint density at radius 2 is 2.00 bits per heavy atom. The van der Waals surface area contributed by atoms with Gasteiger partial charge in [0, 0.05) is 24.2 Å². The van der Waals surface area contributed by atoms with Crippen LogP contribution >= 0.6 is 0 Å². The van der Waals surface area contributed by atoms with Crippen LogP contribution in [0, 0.1) is 5.92 Å². The molecule has 2 rings (SSSR count). The van der Waals surface area contributed by atoms with E-state index in [1.807, 2.05) is 25.7 Å². The lowest BCUT2D eigenvalue weighted by Crippen LogP contribution is -2.34. The number of likely N-dealkylation sites (tertiary alicyclic amines) is 1. The first kappa shape index (κ1) is 18.9. The number of hydrogen-bond acceptors (Lipinski definition) is 4. The number of carbonyl (C=O) groups excluding carboxylic acids is 1. The van der Waals surface area contributed by atoms with Crippen LogP contribution in [0.3, 0.4) is 0 Å². The number of amides is 1.